The van der Waals surface area contributed by atoms with Crippen LogP contribution in [0.4, 0.5) is 14.9 Å². The first-order valence-corrected chi connectivity index (χ1v) is 9.84. The van der Waals surface area contributed by atoms with Crippen LogP contribution in [-0.4, -0.2) is 37.4 Å². The van der Waals surface area contributed by atoms with Crippen molar-refractivity contribution >= 4 is 11.7 Å². The highest BCUT2D eigenvalue weighted by Crippen LogP contribution is 2.30. The van der Waals surface area contributed by atoms with Gasteiger partial charge in [-0.05, 0) is 24.3 Å². The summed E-state index contributed by atoms with van der Waals surface area (Å²) in [5.41, 5.74) is 3.87. The van der Waals surface area contributed by atoms with Gasteiger partial charge in [0.25, 0.3) is 5.89 Å². The van der Waals surface area contributed by atoms with Crippen LogP contribution in [0.15, 0.2) is 59.1 Å². The number of nitrogens with one attached hydrogen (secondary N) is 1. The smallest absolute Gasteiger partial charge is 0.322 e. The van der Waals surface area contributed by atoms with Crippen LogP contribution >= 0.6 is 0 Å². The first kappa shape index (κ1) is 19.0. The van der Waals surface area contributed by atoms with Gasteiger partial charge in [-0.1, -0.05) is 35.5 Å². The summed E-state index contributed by atoms with van der Waals surface area (Å²) in [7, 11) is 1.87. The summed E-state index contributed by atoms with van der Waals surface area (Å²) in [6, 6.07) is 15.0. The highest BCUT2D eigenvalue weighted by atomic mass is 19.1. The lowest BCUT2D eigenvalue weighted by Gasteiger charge is -2.27. The van der Waals surface area contributed by atoms with Crippen molar-refractivity contribution in [3.8, 4) is 23.0 Å². The molecule has 0 saturated carbocycles. The molecule has 0 unspecified atom stereocenters. The van der Waals surface area contributed by atoms with Gasteiger partial charge in [-0.15, -0.1) is 0 Å². The predicted molar refractivity (Wildman–Crippen MR) is 111 cm³/mol. The SMILES string of the molecule is Cn1nc(-c2nc(-c3ccccc3)no2)c2c1CCN(C(=O)Nc1ccc(F)cc1)C2. The maximum Gasteiger partial charge on any atom is 0.322 e. The van der Waals surface area contributed by atoms with E-state index in [9.17, 15) is 9.18 Å². The molecule has 0 atom stereocenters. The van der Waals surface area contributed by atoms with E-state index in [-0.39, 0.29) is 11.8 Å². The summed E-state index contributed by atoms with van der Waals surface area (Å²) in [4.78, 5) is 18.9. The van der Waals surface area contributed by atoms with Gasteiger partial charge in [-0.3, -0.25) is 4.68 Å². The van der Waals surface area contributed by atoms with Gasteiger partial charge in [0.15, 0.2) is 5.69 Å². The van der Waals surface area contributed by atoms with E-state index in [2.05, 4.69) is 20.6 Å². The fraction of sp³-hybridized carbons (Fsp3) is 0.182. The summed E-state index contributed by atoms with van der Waals surface area (Å²) in [6.07, 6.45) is 0.648. The van der Waals surface area contributed by atoms with E-state index in [4.69, 9.17) is 4.52 Å². The molecular weight excluding hydrogens is 399 g/mol. The zero-order chi connectivity index (χ0) is 21.4. The molecule has 0 saturated heterocycles. The van der Waals surface area contributed by atoms with Crippen LogP contribution in [0.25, 0.3) is 23.0 Å². The summed E-state index contributed by atoms with van der Waals surface area (Å²) >= 11 is 0. The molecule has 1 aliphatic rings. The van der Waals surface area contributed by atoms with Gasteiger partial charge in [0.2, 0.25) is 5.82 Å². The molecule has 2 amide bonds. The van der Waals surface area contributed by atoms with Gasteiger partial charge in [-0.2, -0.15) is 10.1 Å². The van der Waals surface area contributed by atoms with E-state index >= 15 is 0 Å². The molecule has 2 aromatic heterocycles. The summed E-state index contributed by atoms with van der Waals surface area (Å²) in [6.45, 7) is 0.896. The van der Waals surface area contributed by atoms with Gasteiger partial charge in [-0.25, -0.2) is 9.18 Å². The summed E-state index contributed by atoms with van der Waals surface area (Å²) in [5, 5.41) is 11.5. The second-order valence-corrected chi connectivity index (χ2v) is 7.30. The minimum absolute atomic E-state index is 0.262. The monoisotopic (exact) mass is 418 g/mol. The average Bonchev–Trinajstić information content (AvgIpc) is 3.41. The lowest BCUT2D eigenvalue weighted by Crippen LogP contribution is -2.39. The number of urea groups is 1. The molecular formula is C22H19FN6O2. The van der Waals surface area contributed by atoms with E-state index in [1.807, 2.05) is 37.4 Å². The Morgan fingerprint density at radius 3 is 2.68 bits per heavy atom. The van der Waals surface area contributed by atoms with Crippen LogP contribution in [0.5, 0.6) is 0 Å². The molecule has 0 fully saturated rings. The van der Waals surface area contributed by atoms with E-state index in [0.717, 1.165) is 16.8 Å². The number of anilines is 1. The lowest BCUT2D eigenvalue weighted by atomic mass is 10.1. The van der Waals surface area contributed by atoms with Crippen molar-refractivity contribution in [3.63, 3.8) is 0 Å². The van der Waals surface area contributed by atoms with E-state index in [0.29, 0.717) is 42.6 Å². The van der Waals surface area contributed by atoms with Crippen molar-refractivity contribution in [2.45, 2.75) is 13.0 Å². The molecule has 156 valence electrons. The van der Waals surface area contributed by atoms with E-state index < -0.39 is 0 Å². The number of halogens is 1. The topological polar surface area (TPSA) is 89.1 Å². The largest absolute Gasteiger partial charge is 0.332 e. The number of aromatic nitrogens is 4. The van der Waals surface area contributed by atoms with E-state index in [1.54, 1.807) is 9.58 Å². The minimum atomic E-state index is -0.352. The second-order valence-electron chi connectivity index (χ2n) is 7.30. The fourth-order valence-electron chi connectivity index (χ4n) is 3.70. The number of hydrogen-bond donors (Lipinski definition) is 1. The third-order valence-electron chi connectivity index (χ3n) is 5.29. The maximum atomic E-state index is 13.1. The molecule has 31 heavy (non-hydrogen) atoms. The molecule has 3 heterocycles. The van der Waals surface area contributed by atoms with Gasteiger partial charge in [0, 0.05) is 42.5 Å². The third kappa shape index (κ3) is 3.65. The molecule has 5 rings (SSSR count). The number of amides is 2. The second kappa shape index (κ2) is 7.67. The van der Waals surface area contributed by atoms with Gasteiger partial charge < -0.3 is 14.7 Å². The third-order valence-corrected chi connectivity index (χ3v) is 5.29. The van der Waals surface area contributed by atoms with Crippen molar-refractivity contribution in [1.29, 1.82) is 0 Å². The zero-order valence-electron chi connectivity index (χ0n) is 16.7. The molecule has 0 aliphatic carbocycles. The van der Waals surface area contributed by atoms with Gasteiger partial charge in [0.1, 0.15) is 5.82 Å². The highest BCUT2D eigenvalue weighted by molar-refractivity contribution is 5.89. The van der Waals surface area contributed by atoms with Gasteiger partial charge in [0.05, 0.1) is 6.54 Å². The average molecular weight is 418 g/mol. The number of rotatable bonds is 3. The first-order valence-electron chi connectivity index (χ1n) is 9.84. The fourth-order valence-corrected chi connectivity index (χ4v) is 3.70. The van der Waals surface area contributed by atoms with Crippen LogP contribution < -0.4 is 5.32 Å². The van der Waals surface area contributed by atoms with Crippen molar-refractivity contribution in [1.82, 2.24) is 24.8 Å². The number of nitrogens with zero attached hydrogens (tertiary/aromatic N) is 5. The molecule has 8 nitrogen and oxygen atoms in total. The quantitative estimate of drug-likeness (QED) is 0.546. The van der Waals surface area contributed by atoms with Crippen molar-refractivity contribution in [2.75, 3.05) is 11.9 Å². The molecule has 4 aromatic rings. The molecule has 9 heteroatoms. The highest BCUT2D eigenvalue weighted by Gasteiger charge is 2.29. The van der Waals surface area contributed by atoms with Crippen molar-refractivity contribution < 1.29 is 13.7 Å². The molecule has 1 N–H and O–H groups in total. The molecule has 0 bridgehead atoms. The Morgan fingerprint density at radius 2 is 1.90 bits per heavy atom. The number of fused-ring (bicyclic) bond motifs is 1. The number of carbonyl (C=O) groups is 1. The normalized spacial score (nSPS) is 13.2. The summed E-state index contributed by atoms with van der Waals surface area (Å²) in [5.74, 6) is 0.447. The Hall–Kier alpha value is -4.01. The number of carbonyl (C=O) groups excluding carboxylic acids is 1. The van der Waals surface area contributed by atoms with Crippen molar-refractivity contribution in [3.05, 3.63) is 71.7 Å². The minimum Gasteiger partial charge on any atom is -0.332 e. The Balaban J connectivity index is 1.40. The molecule has 0 spiro atoms. The Kier molecular flexibility index (Phi) is 4.70. The predicted octanol–water partition coefficient (Wildman–Crippen LogP) is 3.87. The molecule has 0 radical (unpaired) electrons. The van der Waals surface area contributed by atoms with Crippen molar-refractivity contribution in [2.24, 2.45) is 7.05 Å². The lowest BCUT2D eigenvalue weighted by molar-refractivity contribution is 0.206. The van der Waals surface area contributed by atoms with Gasteiger partial charge >= 0.3 is 6.03 Å². The number of hydrogen-bond acceptors (Lipinski definition) is 5. The maximum absolute atomic E-state index is 13.1. The van der Waals surface area contributed by atoms with Crippen LogP contribution in [0, 0.1) is 5.82 Å². The Bertz CT molecular complexity index is 1230. The Labute approximate surface area is 177 Å². The number of benzene rings is 2. The number of aryl methyl sites for hydroxylation is 1. The van der Waals surface area contributed by atoms with Crippen LogP contribution in [0.2, 0.25) is 0 Å². The van der Waals surface area contributed by atoms with Crippen LogP contribution in [-0.2, 0) is 20.0 Å². The standard InChI is InChI=1S/C22H19FN6O2/c1-28-18-11-12-29(22(30)24-16-9-7-15(23)8-10-16)13-17(18)19(26-28)21-25-20(27-31-21)14-5-3-2-4-6-14/h2-10H,11-13H2,1H3,(H,24,30). The Morgan fingerprint density at radius 1 is 1.13 bits per heavy atom. The molecule has 1 aliphatic heterocycles. The molecule has 2 aromatic carbocycles. The van der Waals surface area contributed by atoms with E-state index in [1.165, 1.54) is 24.3 Å². The first-order chi connectivity index (χ1) is 15.1. The zero-order valence-corrected chi connectivity index (χ0v) is 16.7. The summed E-state index contributed by atoms with van der Waals surface area (Å²) < 4.78 is 20.4. The van der Waals surface area contributed by atoms with Crippen LogP contribution in [0.3, 0.4) is 0 Å². The van der Waals surface area contributed by atoms with Crippen LogP contribution in [0.1, 0.15) is 11.3 Å².